The van der Waals surface area contributed by atoms with Crippen molar-refractivity contribution in [1.29, 1.82) is 0 Å². The summed E-state index contributed by atoms with van der Waals surface area (Å²) >= 11 is 0. The molecule has 28 heavy (non-hydrogen) atoms. The number of hydrogen-bond acceptors (Lipinski definition) is 5. The van der Waals surface area contributed by atoms with Crippen LogP contribution in [0.1, 0.15) is 59.8 Å². The normalized spacial score (nSPS) is 22.9. The Balaban J connectivity index is 1.55. The fourth-order valence-corrected chi connectivity index (χ4v) is 3.90. The molecule has 0 aromatic carbocycles. The van der Waals surface area contributed by atoms with Crippen LogP contribution in [-0.4, -0.2) is 86.6 Å². The fourth-order valence-electron chi connectivity index (χ4n) is 3.90. The van der Waals surface area contributed by atoms with Crippen LogP contribution >= 0.6 is 0 Å². The molecule has 0 N–H and O–H groups in total. The van der Waals surface area contributed by atoms with Crippen molar-refractivity contribution in [2.24, 2.45) is 5.92 Å². The number of ether oxygens (including phenoxy) is 3. The maximum absolute atomic E-state index is 12.4. The Morgan fingerprint density at radius 3 is 2.39 bits per heavy atom. The molecule has 0 spiro atoms. The summed E-state index contributed by atoms with van der Waals surface area (Å²) < 4.78 is 17.2. The number of likely N-dealkylation sites (tertiary alicyclic amines) is 2. The van der Waals surface area contributed by atoms with Gasteiger partial charge in [0, 0.05) is 32.7 Å². The van der Waals surface area contributed by atoms with Crippen molar-refractivity contribution >= 4 is 5.91 Å². The molecule has 2 rings (SSSR count). The molecule has 0 radical (unpaired) electrons. The minimum absolute atomic E-state index is 0.180. The van der Waals surface area contributed by atoms with Crippen molar-refractivity contribution in [3.63, 3.8) is 0 Å². The third-order valence-electron chi connectivity index (χ3n) is 5.82. The van der Waals surface area contributed by atoms with E-state index < -0.39 is 0 Å². The Morgan fingerprint density at radius 2 is 1.71 bits per heavy atom. The third-order valence-corrected chi connectivity index (χ3v) is 5.82. The van der Waals surface area contributed by atoms with Gasteiger partial charge in [-0.05, 0) is 39.0 Å². The quantitative estimate of drug-likeness (QED) is 0.473. The molecule has 6 nitrogen and oxygen atoms in total. The maximum Gasteiger partial charge on any atom is 0.224 e. The lowest BCUT2D eigenvalue weighted by atomic mass is 10.0. The van der Waals surface area contributed by atoms with Gasteiger partial charge in [-0.15, -0.1) is 0 Å². The Labute approximate surface area is 171 Å². The van der Waals surface area contributed by atoms with Crippen molar-refractivity contribution in [1.82, 2.24) is 9.80 Å². The van der Waals surface area contributed by atoms with Gasteiger partial charge in [-0.2, -0.15) is 0 Å². The summed E-state index contributed by atoms with van der Waals surface area (Å²) in [5.41, 5.74) is 0. The highest BCUT2D eigenvalue weighted by atomic mass is 16.5. The smallest absolute Gasteiger partial charge is 0.224 e. The van der Waals surface area contributed by atoms with Crippen LogP contribution in [-0.2, 0) is 19.0 Å². The number of hydrogen-bond donors (Lipinski definition) is 0. The average molecular weight is 399 g/mol. The molecule has 2 saturated heterocycles. The van der Waals surface area contributed by atoms with Crippen molar-refractivity contribution in [3.8, 4) is 0 Å². The second kappa shape index (κ2) is 12.8. The lowest BCUT2D eigenvalue weighted by Gasteiger charge is -2.34. The van der Waals surface area contributed by atoms with Crippen molar-refractivity contribution in [3.05, 3.63) is 0 Å². The summed E-state index contributed by atoms with van der Waals surface area (Å²) in [4.78, 5) is 16.9. The summed E-state index contributed by atoms with van der Waals surface area (Å²) in [5.74, 6) is 0.956. The van der Waals surface area contributed by atoms with Crippen LogP contribution < -0.4 is 0 Å². The first kappa shape index (κ1) is 23.6. The molecule has 2 aliphatic heterocycles. The first-order chi connectivity index (χ1) is 13.5. The zero-order valence-electron chi connectivity index (χ0n) is 18.5. The molecule has 6 heteroatoms. The van der Waals surface area contributed by atoms with Crippen LogP contribution in [0.15, 0.2) is 0 Å². The lowest BCUT2D eigenvalue weighted by molar-refractivity contribution is -0.132. The SMILES string of the molecule is CCC(C)CN1CCC(OC2CCN(C(=O)CCOCCOC(C)C)C2)CC1. The van der Waals surface area contributed by atoms with Gasteiger partial charge in [0.15, 0.2) is 0 Å². The second-order valence-electron chi connectivity index (χ2n) is 8.68. The van der Waals surface area contributed by atoms with Gasteiger partial charge in [-0.25, -0.2) is 0 Å². The van der Waals surface area contributed by atoms with E-state index in [-0.39, 0.29) is 18.1 Å². The predicted molar refractivity (Wildman–Crippen MR) is 112 cm³/mol. The van der Waals surface area contributed by atoms with E-state index in [1.54, 1.807) is 0 Å². The lowest BCUT2D eigenvalue weighted by Crippen LogP contribution is -2.40. The highest BCUT2D eigenvalue weighted by Crippen LogP contribution is 2.21. The topological polar surface area (TPSA) is 51.2 Å². The van der Waals surface area contributed by atoms with Crippen LogP contribution in [0.5, 0.6) is 0 Å². The Hall–Kier alpha value is -0.690. The van der Waals surface area contributed by atoms with Gasteiger partial charge < -0.3 is 24.0 Å². The molecule has 164 valence electrons. The van der Waals surface area contributed by atoms with E-state index in [2.05, 4.69) is 18.7 Å². The Morgan fingerprint density at radius 1 is 1.00 bits per heavy atom. The minimum atomic E-state index is 0.180. The molecule has 2 fully saturated rings. The minimum Gasteiger partial charge on any atom is -0.379 e. The summed E-state index contributed by atoms with van der Waals surface area (Å²) in [6, 6.07) is 0. The monoisotopic (exact) mass is 398 g/mol. The van der Waals surface area contributed by atoms with Crippen LogP contribution in [0.25, 0.3) is 0 Å². The molecular weight excluding hydrogens is 356 g/mol. The molecular formula is C22H42N2O4. The molecule has 1 amide bonds. The van der Waals surface area contributed by atoms with Gasteiger partial charge in [0.1, 0.15) is 0 Å². The molecule has 2 heterocycles. The molecule has 2 atom stereocenters. The summed E-state index contributed by atoms with van der Waals surface area (Å²) in [5, 5.41) is 0. The predicted octanol–water partition coefficient (Wildman–Crippen LogP) is 2.95. The molecule has 0 aromatic heterocycles. The summed E-state index contributed by atoms with van der Waals surface area (Å²) in [6.07, 6.45) is 5.68. The highest BCUT2D eigenvalue weighted by molar-refractivity contribution is 5.76. The van der Waals surface area contributed by atoms with Crippen LogP contribution in [0.2, 0.25) is 0 Å². The molecule has 2 aliphatic rings. The van der Waals surface area contributed by atoms with E-state index >= 15 is 0 Å². The molecule has 0 aliphatic carbocycles. The van der Waals surface area contributed by atoms with Gasteiger partial charge >= 0.3 is 0 Å². The average Bonchev–Trinajstić information content (AvgIpc) is 3.14. The van der Waals surface area contributed by atoms with Gasteiger partial charge in [0.2, 0.25) is 5.91 Å². The van der Waals surface area contributed by atoms with E-state index in [0.29, 0.717) is 32.3 Å². The number of amides is 1. The van der Waals surface area contributed by atoms with E-state index in [1.165, 1.54) is 13.0 Å². The number of carbonyl (C=O) groups excluding carboxylic acids is 1. The van der Waals surface area contributed by atoms with Gasteiger partial charge in [-0.1, -0.05) is 20.3 Å². The zero-order chi connectivity index (χ0) is 20.4. The Kier molecular flexibility index (Phi) is 10.8. The maximum atomic E-state index is 12.4. The molecule has 0 aromatic rings. The molecule has 0 saturated carbocycles. The number of carbonyl (C=O) groups is 1. The van der Waals surface area contributed by atoms with Crippen LogP contribution in [0.3, 0.4) is 0 Å². The van der Waals surface area contributed by atoms with E-state index in [4.69, 9.17) is 14.2 Å². The standard InChI is InChI=1S/C22H42N2O4/c1-5-19(4)16-23-10-6-20(7-11-23)28-21-8-12-24(17-21)22(25)9-13-26-14-15-27-18(2)3/h18-21H,5-17H2,1-4H3. The largest absolute Gasteiger partial charge is 0.379 e. The third kappa shape index (κ3) is 8.76. The number of nitrogens with zero attached hydrogens (tertiary/aromatic N) is 2. The van der Waals surface area contributed by atoms with Gasteiger partial charge in [0.25, 0.3) is 0 Å². The summed E-state index contributed by atoms with van der Waals surface area (Å²) in [7, 11) is 0. The first-order valence-electron chi connectivity index (χ1n) is 11.3. The fraction of sp³-hybridized carbons (Fsp3) is 0.955. The zero-order valence-corrected chi connectivity index (χ0v) is 18.5. The van der Waals surface area contributed by atoms with Crippen LogP contribution in [0, 0.1) is 5.92 Å². The highest BCUT2D eigenvalue weighted by Gasteiger charge is 2.30. The number of piperidine rings is 1. The molecule has 0 bridgehead atoms. The van der Waals surface area contributed by atoms with E-state index in [0.717, 1.165) is 51.4 Å². The number of rotatable bonds is 12. The molecule has 2 unspecified atom stereocenters. The van der Waals surface area contributed by atoms with Crippen molar-refractivity contribution in [2.75, 3.05) is 52.5 Å². The first-order valence-corrected chi connectivity index (χ1v) is 11.3. The summed E-state index contributed by atoms with van der Waals surface area (Å²) in [6.45, 7) is 15.3. The Bertz CT molecular complexity index is 438. The second-order valence-corrected chi connectivity index (χ2v) is 8.68. The van der Waals surface area contributed by atoms with Crippen molar-refractivity contribution < 1.29 is 19.0 Å². The van der Waals surface area contributed by atoms with E-state index in [9.17, 15) is 4.79 Å². The van der Waals surface area contributed by atoms with Gasteiger partial charge in [-0.3, -0.25) is 4.79 Å². The van der Waals surface area contributed by atoms with Crippen LogP contribution in [0.4, 0.5) is 0 Å². The van der Waals surface area contributed by atoms with Crippen molar-refractivity contribution in [2.45, 2.75) is 78.1 Å². The van der Waals surface area contributed by atoms with Gasteiger partial charge in [0.05, 0.1) is 44.6 Å². The van der Waals surface area contributed by atoms with E-state index in [1.807, 2.05) is 18.7 Å².